The summed E-state index contributed by atoms with van der Waals surface area (Å²) in [5.74, 6) is 1.18. The van der Waals surface area contributed by atoms with Crippen LogP contribution in [-0.2, 0) is 6.42 Å². The van der Waals surface area contributed by atoms with Crippen LogP contribution >= 0.6 is 11.3 Å². The van der Waals surface area contributed by atoms with Crippen molar-refractivity contribution in [2.45, 2.75) is 20.3 Å². The third-order valence-corrected chi connectivity index (χ3v) is 5.48. The second kappa shape index (κ2) is 7.84. The maximum atomic E-state index is 12.6. The molecule has 1 amide bonds. The van der Waals surface area contributed by atoms with Gasteiger partial charge in [-0.15, -0.1) is 11.3 Å². The number of amides is 1. The number of hydrogen-bond donors (Lipinski definition) is 2. The van der Waals surface area contributed by atoms with Crippen LogP contribution in [0.3, 0.4) is 0 Å². The molecule has 3 N–H and O–H groups in total. The highest BCUT2D eigenvalue weighted by Crippen LogP contribution is 2.35. The van der Waals surface area contributed by atoms with E-state index in [1.165, 1.54) is 11.3 Å². The van der Waals surface area contributed by atoms with Crippen LogP contribution in [0, 0.1) is 13.8 Å². The van der Waals surface area contributed by atoms with Gasteiger partial charge in [0.05, 0.1) is 19.9 Å². The van der Waals surface area contributed by atoms with E-state index in [4.69, 9.17) is 15.2 Å². The molecular formula is C20H23N3O3S. The van der Waals surface area contributed by atoms with Gasteiger partial charge in [-0.25, -0.2) is 4.98 Å². The van der Waals surface area contributed by atoms with Crippen LogP contribution < -0.4 is 20.5 Å². The molecule has 0 saturated heterocycles. The number of nitrogens with zero attached hydrogens (tertiary/aromatic N) is 1. The fraction of sp³-hybridized carbons (Fsp3) is 0.300. The zero-order valence-corrected chi connectivity index (χ0v) is 16.7. The van der Waals surface area contributed by atoms with Gasteiger partial charge < -0.3 is 20.5 Å². The predicted octanol–water partition coefficient (Wildman–Crippen LogP) is 3.49. The molecule has 2 aromatic heterocycles. The van der Waals surface area contributed by atoms with Crippen molar-refractivity contribution >= 4 is 33.1 Å². The number of anilines is 1. The Balaban J connectivity index is 1.71. The molecule has 6 nitrogen and oxygen atoms in total. The molecule has 0 bridgehead atoms. The molecule has 0 saturated carbocycles. The van der Waals surface area contributed by atoms with Gasteiger partial charge in [0.15, 0.2) is 11.5 Å². The summed E-state index contributed by atoms with van der Waals surface area (Å²) >= 11 is 1.33. The Bertz CT molecular complexity index is 998. The zero-order chi connectivity index (χ0) is 19.6. The molecule has 142 valence electrons. The molecule has 0 fully saturated rings. The number of thiophene rings is 1. The second-order valence-corrected chi connectivity index (χ2v) is 7.30. The Morgan fingerprint density at radius 3 is 2.63 bits per heavy atom. The smallest absolute Gasteiger partial charge is 0.263 e. The number of fused-ring (bicyclic) bond motifs is 1. The van der Waals surface area contributed by atoms with Crippen molar-refractivity contribution in [3.8, 4) is 11.5 Å². The average molecular weight is 385 g/mol. The van der Waals surface area contributed by atoms with E-state index >= 15 is 0 Å². The quantitative estimate of drug-likeness (QED) is 0.678. The molecule has 0 aliphatic carbocycles. The van der Waals surface area contributed by atoms with E-state index in [0.717, 1.165) is 27.0 Å². The summed E-state index contributed by atoms with van der Waals surface area (Å²) in [6, 6.07) is 7.70. The van der Waals surface area contributed by atoms with Gasteiger partial charge in [0, 0.05) is 17.6 Å². The van der Waals surface area contributed by atoms with Crippen LogP contribution in [0.15, 0.2) is 24.3 Å². The lowest BCUT2D eigenvalue weighted by Crippen LogP contribution is -2.25. The first-order chi connectivity index (χ1) is 12.9. The van der Waals surface area contributed by atoms with Crippen molar-refractivity contribution in [3.63, 3.8) is 0 Å². The number of nitrogen functional groups attached to an aromatic ring is 1. The summed E-state index contributed by atoms with van der Waals surface area (Å²) in [4.78, 5) is 18.4. The molecule has 3 rings (SSSR count). The number of ether oxygens (including phenoxy) is 2. The molecule has 0 aliphatic heterocycles. The first-order valence-electron chi connectivity index (χ1n) is 8.60. The van der Waals surface area contributed by atoms with Crippen LogP contribution in [0.4, 0.5) is 5.69 Å². The number of nitrogens with one attached hydrogen (secondary N) is 1. The van der Waals surface area contributed by atoms with E-state index in [1.807, 2.05) is 38.1 Å². The number of rotatable bonds is 6. The number of hydrogen-bond acceptors (Lipinski definition) is 6. The third-order valence-electron chi connectivity index (χ3n) is 4.38. The topological polar surface area (TPSA) is 86.5 Å². The summed E-state index contributed by atoms with van der Waals surface area (Å²) in [6.45, 7) is 4.41. The van der Waals surface area contributed by atoms with Crippen molar-refractivity contribution in [3.05, 3.63) is 46.0 Å². The number of methoxy groups -OCH3 is 2. The first-order valence-corrected chi connectivity index (χ1v) is 9.41. The van der Waals surface area contributed by atoms with Crippen LogP contribution in [0.25, 0.3) is 10.2 Å². The minimum atomic E-state index is -0.173. The molecule has 1 aromatic carbocycles. The number of aromatic nitrogens is 1. The lowest BCUT2D eigenvalue weighted by molar-refractivity contribution is 0.0959. The van der Waals surface area contributed by atoms with E-state index in [2.05, 4.69) is 10.3 Å². The fourth-order valence-electron chi connectivity index (χ4n) is 3.07. The molecule has 0 unspecified atom stereocenters. The molecule has 0 atom stereocenters. The Labute approximate surface area is 162 Å². The summed E-state index contributed by atoms with van der Waals surface area (Å²) in [5, 5.41) is 3.81. The Hall–Kier alpha value is -2.80. The van der Waals surface area contributed by atoms with Gasteiger partial charge in [-0.3, -0.25) is 4.79 Å². The van der Waals surface area contributed by atoms with Crippen LogP contribution in [-0.4, -0.2) is 31.7 Å². The molecule has 2 heterocycles. The van der Waals surface area contributed by atoms with Gasteiger partial charge in [-0.2, -0.15) is 0 Å². The van der Waals surface area contributed by atoms with Crippen molar-refractivity contribution in [1.82, 2.24) is 10.3 Å². The molecule has 0 aliphatic rings. The maximum Gasteiger partial charge on any atom is 0.263 e. The highest BCUT2D eigenvalue weighted by atomic mass is 32.1. The molecular weight excluding hydrogens is 362 g/mol. The number of benzene rings is 1. The highest BCUT2D eigenvalue weighted by Gasteiger charge is 2.18. The Morgan fingerprint density at radius 2 is 1.93 bits per heavy atom. The summed E-state index contributed by atoms with van der Waals surface area (Å²) in [7, 11) is 3.20. The molecule has 27 heavy (non-hydrogen) atoms. The van der Waals surface area contributed by atoms with Crippen molar-refractivity contribution < 1.29 is 14.3 Å². The van der Waals surface area contributed by atoms with Crippen LogP contribution in [0.5, 0.6) is 11.5 Å². The monoisotopic (exact) mass is 385 g/mol. The SMILES string of the molecule is COc1ccc(CCNC(=O)c2sc3nc(C)cc(C)c3c2N)cc1OC. The second-order valence-electron chi connectivity index (χ2n) is 6.30. The third kappa shape index (κ3) is 3.83. The minimum Gasteiger partial charge on any atom is -0.493 e. The standard InChI is InChI=1S/C20H23N3O3S/c1-11-9-12(2)23-20-16(11)17(21)18(27-20)19(24)22-8-7-13-5-6-14(25-3)15(10-13)26-4/h5-6,9-10H,7-8,21H2,1-4H3,(H,22,24). The number of carbonyl (C=O) groups excluding carboxylic acids is 1. The number of carbonyl (C=O) groups is 1. The van der Waals surface area contributed by atoms with Crippen LogP contribution in [0.2, 0.25) is 0 Å². The summed E-state index contributed by atoms with van der Waals surface area (Å²) < 4.78 is 10.5. The van der Waals surface area contributed by atoms with Crippen molar-refractivity contribution in [2.75, 3.05) is 26.5 Å². The van der Waals surface area contributed by atoms with E-state index in [1.54, 1.807) is 14.2 Å². The van der Waals surface area contributed by atoms with Gasteiger partial charge in [0.1, 0.15) is 9.71 Å². The van der Waals surface area contributed by atoms with E-state index < -0.39 is 0 Å². The molecule has 0 radical (unpaired) electrons. The van der Waals surface area contributed by atoms with E-state index in [-0.39, 0.29) is 5.91 Å². The van der Waals surface area contributed by atoms with Crippen LogP contribution in [0.1, 0.15) is 26.5 Å². The molecule has 0 spiro atoms. The minimum absolute atomic E-state index is 0.173. The van der Waals surface area contributed by atoms with Gasteiger partial charge in [-0.1, -0.05) is 6.07 Å². The largest absolute Gasteiger partial charge is 0.493 e. The normalized spacial score (nSPS) is 10.8. The van der Waals surface area contributed by atoms with E-state index in [0.29, 0.717) is 35.0 Å². The molecule has 3 aromatic rings. The van der Waals surface area contributed by atoms with E-state index in [9.17, 15) is 4.79 Å². The van der Waals surface area contributed by atoms with Gasteiger partial charge >= 0.3 is 0 Å². The highest BCUT2D eigenvalue weighted by molar-refractivity contribution is 7.21. The summed E-state index contributed by atoms with van der Waals surface area (Å²) in [6.07, 6.45) is 0.674. The van der Waals surface area contributed by atoms with Crippen molar-refractivity contribution in [2.24, 2.45) is 0 Å². The average Bonchev–Trinajstić information content (AvgIpc) is 2.98. The lowest BCUT2D eigenvalue weighted by Gasteiger charge is -2.10. The summed E-state index contributed by atoms with van der Waals surface area (Å²) in [5.41, 5.74) is 9.73. The maximum absolute atomic E-state index is 12.6. The Morgan fingerprint density at radius 1 is 1.19 bits per heavy atom. The van der Waals surface area contributed by atoms with Gasteiger partial charge in [-0.05, 0) is 49.6 Å². The van der Waals surface area contributed by atoms with Crippen molar-refractivity contribution in [1.29, 1.82) is 0 Å². The zero-order valence-electron chi connectivity index (χ0n) is 15.9. The van der Waals surface area contributed by atoms with Gasteiger partial charge in [0.25, 0.3) is 5.91 Å². The lowest BCUT2D eigenvalue weighted by atomic mass is 10.1. The molecule has 7 heteroatoms. The Kier molecular flexibility index (Phi) is 5.51. The first kappa shape index (κ1) is 19.0. The fourth-order valence-corrected chi connectivity index (χ4v) is 4.21. The number of nitrogens with two attached hydrogens (primary N) is 1. The number of pyridine rings is 1. The van der Waals surface area contributed by atoms with Gasteiger partial charge in [0.2, 0.25) is 0 Å². The number of aryl methyl sites for hydroxylation is 2. The predicted molar refractivity (Wildman–Crippen MR) is 109 cm³/mol.